The number of aliphatic hydroxyl groups excluding tert-OH is 1. The minimum atomic E-state index is -3.78. The first kappa shape index (κ1) is 37.2. The van der Waals surface area contributed by atoms with E-state index in [4.69, 9.17) is 0 Å². The summed E-state index contributed by atoms with van der Waals surface area (Å²) in [6.07, 6.45) is 1.60. The van der Waals surface area contributed by atoms with Crippen molar-refractivity contribution in [2.45, 2.75) is 64.4 Å². The average Bonchev–Trinajstić information content (AvgIpc) is 3.53. The molecule has 1 aromatic heterocycles. The van der Waals surface area contributed by atoms with Crippen molar-refractivity contribution in [2.75, 3.05) is 17.6 Å². The highest BCUT2D eigenvalue weighted by Gasteiger charge is 2.31. The predicted octanol–water partition coefficient (Wildman–Crippen LogP) is 3.57. The number of nitrogens with one attached hydrogen (secondary N) is 2. The fourth-order valence-corrected chi connectivity index (χ4v) is 5.49. The van der Waals surface area contributed by atoms with E-state index < -0.39 is 51.4 Å². The van der Waals surface area contributed by atoms with Crippen molar-refractivity contribution in [1.29, 1.82) is 0 Å². The van der Waals surface area contributed by atoms with Crippen molar-refractivity contribution in [3.63, 3.8) is 0 Å². The van der Waals surface area contributed by atoms with Gasteiger partial charge in [-0.3, -0.25) is 13.9 Å². The van der Waals surface area contributed by atoms with Crippen LogP contribution >= 0.6 is 0 Å². The summed E-state index contributed by atoms with van der Waals surface area (Å²) in [7, 11) is -2.47. The van der Waals surface area contributed by atoms with Crippen LogP contribution in [0.5, 0.6) is 0 Å². The van der Waals surface area contributed by atoms with Crippen LogP contribution in [-0.2, 0) is 28.6 Å². The van der Waals surface area contributed by atoms with Crippen LogP contribution in [0.1, 0.15) is 71.3 Å². The molecule has 0 saturated carbocycles. The van der Waals surface area contributed by atoms with Gasteiger partial charge in [-0.15, -0.1) is 5.10 Å². The van der Waals surface area contributed by atoms with E-state index in [2.05, 4.69) is 20.9 Å². The number of rotatable bonds is 14. The standard InChI is InChI=1S/C35H43FN6O6S/c1-22(2)35(4,46)32-21-42(40-39-32)20-31(43)30(16-24-10-8-7-9-11-24)38-34(45)27-17-26(18-29(19-27)41(5)49(6,47)48)33(44)37-23(3)25-12-14-28(36)15-13-25/h7-15,17-19,21-23,30-31,43,46H,16,20H2,1-6H3,(H,37,44)(H,38,45)/t23-,30+,31+,35?/m1/s1. The first-order chi connectivity index (χ1) is 22.9. The lowest BCUT2D eigenvalue weighted by atomic mass is 9.90. The fourth-order valence-electron chi connectivity index (χ4n) is 5.00. The van der Waals surface area contributed by atoms with Crippen molar-refractivity contribution in [1.82, 2.24) is 25.6 Å². The van der Waals surface area contributed by atoms with Gasteiger partial charge in [-0.1, -0.05) is 61.5 Å². The minimum absolute atomic E-state index is 0.0135. The maximum Gasteiger partial charge on any atom is 0.251 e. The lowest BCUT2D eigenvalue weighted by molar-refractivity contribution is 0.00471. The summed E-state index contributed by atoms with van der Waals surface area (Å²) in [4.78, 5) is 27.3. The van der Waals surface area contributed by atoms with Crippen molar-refractivity contribution >= 4 is 27.5 Å². The molecule has 0 radical (unpaired) electrons. The third-order valence-corrected chi connectivity index (χ3v) is 9.86. The number of halogens is 1. The summed E-state index contributed by atoms with van der Waals surface area (Å²) >= 11 is 0. The van der Waals surface area contributed by atoms with Gasteiger partial charge >= 0.3 is 0 Å². The molecule has 0 spiro atoms. The van der Waals surface area contributed by atoms with E-state index >= 15 is 0 Å². The topological polar surface area (TPSA) is 167 Å². The van der Waals surface area contributed by atoms with Gasteiger partial charge in [-0.25, -0.2) is 17.5 Å². The quantitative estimate of drug-likeness (QED) is 0.156. The summed E-state index contributed by atoms with van der Waals surface area (Å²) in [5.41, 5.74) is 0.628. The molecular formula is C35H43FN6O6S. The molecule has 14 heteroatoms. The fraction of sp³-hybridized carbons (Fsp3) is 0.371. The zero-order valence-electron chi connectivity index (χ0n) is 28.3. The number of aromatic nitrogens is 3. The normalized spacial score (nSPS) is 14.8. The molecule has 2 amide bonds. The summed E-state index contributed by atoms with van der Waals surface area (Å²) in [6, 6.07) is 17.5. The summed E-state index contributed by atoms with van der Waals surface area (Å²) in [5.74, 6) is -1.82. The van der Waals surface area contributed by atoms with E-state index in [9.17, 15) is 32.6 Å². The van der Waals surface area contributed by atoms with Crippen LogP contribution in [0, 0.1) is 11.7 Å². The molecule has 49 heavy (non-hydrogen) atoms. The maximum absolute atomic E-state index is 13.9. The van der Waals surface area contributed by atoms with E-state index in [1.165, 1.54) is 54.2 Å². The van der Waals surface area contributed by atoms with Gasteiger partial charge in [-0.2, -0.15) is 0 Å². The molecule has 4 aromatic rings. The molecule has 0 aliphatic rings. The Morgan fingerprint density at radius 1 is 0.980 bits per heavy atom. The Labute approximate surface area is 286 Å². The van der Waals surface area contributed by atoms with Gasteiger partial charge < -0.3 is 20.8 Å². The van der Waals surface area contributed by atoms with Gasteiger partial charge in [0.25, 0.3) is 11.8 Å². The Kier molecular flexibility index (Phi) is 11.6. The molecule has 1 heterocycles. The highest BCUT2D eigenvalue weighted by atomic mass is 32.2. The van der Waals surface area contributed by atoms with Gasteiger partial charge in [0.05, 0.1) is 42.9 Å². The van der Waals surface area contributed by atoms with E-state index in [1.54, 1.807) is 20.0 Å². The molecule has 4 atom stereocenters. The number of sulfonamides is 1. The van der Waals surface area contributed by atoms with Gasteiger partial charge in [-0.05, 0) is 67.6 Å². The number of hydrogen-bond donors (Lipinski definition) is 4. The third kappa shape index (κ3) is 9.49. The van der Waals surface area contributed by atoms with Crippen molar-refractivity contribution < 1.29 is 32.6 Å². The van der Waals surface area contributed by atoms with Crippen LogP contribution in [0.3, 0.4) is 0 Å². The Bertz CT molecular complexity index is 1860. The van der Waals surface area contributed by atoms with Crippen LogP contribution < -0.4 is 14.9 Å². The summed E-state index contributed by atoms with van der Waals surface area (Å²) < 4.78 is 40.7. The highest BCUT2D eigenvalue weighted by molar-refractivity contribution is 7.92. The van der Waals surface area contributed by atoms with Gasteiger partial charge in [0, 0.05) is 18.2 Å². The van der Waals surface area contributed by atoms with E-state index in [0.29, 0.717) is 11.3 Å². The molecule has 0 fully saturated rings. The molecular weight excluding hydrogens is 651 g/mol. The number of nitrogens with zero attached hydrogens (tertiary/aromatic N) is 4. The number of carbonyl (C=O) groups is 2. The molecule has 4 N–H and O–H groups in total. The smallest absolute Gasteiger partial charge is 0.251 e. The van der Waals surface area contributed by atoms with E-state index in [0.717, 1.165) is 16.1 Å². The average molecular weight is 695 g/mol. The second-order valence-electron chi connectivity index (χ2n) is 12.7. The molecule has 0 aliphatic heterocycles. The van der Waals surface area contributed by atoms with Crippen LogP contribution in [0.2, 0.25) is 0 Å². The SMILES string of the molecule is CC(C)C(C)(O)c1cn(C[C@H](O)[C@H](Cc2ccccc2)NC(=O)c2cc(C(=O)N[C@H](C)c3ccc(F)cc3)cc(N(C)S(C)(=O)=O)c2)nn1. The largest absolute Gasteiger partial charge is 0.389 e. The molecule has 0 aliphatic carbocycles. The molecule has 12 nitrogen and oxygen atoms in total. The number of aliphatic hydroxyl groups is 2. The van der Waals surface area contributed by atoms with Crippen LogP contribution in [0.15, 0.2) is 79.0 Å². The zero-order valence-corrected chi connectivity index (χ0v) is 29.1. The van der Waals surface area contributed by atoms with Crippen LogP contribution in [0.4, 0.5) is 10.1 Å². The zero-order chi connectivity index (χ0) is 36.1. The molecule has 4 rings (SSSR count). The molecule has 0 bridgehead atoms. The minimum Gasteiger partial charge on any atom is -0.389 e. The van der Waals surface area contributed by atoms with Crippen molar-refractivity contribution in [2.24, 2.45) is 5.92 Å². The Morgan fingerprint density at radius 3 is 2.14 bits per heavy atom. The number of benzene rings is 3. The first-order valence-corrected chi connectivity index (χ1v) is 17.6. The second kappa shape index (κ2) is 15.3. The maximum atomic E-state index is 13.9. The molecule has 3 aromatic carbocycles. The lowest BCUT2D eigenvalue weighted by Crippen LogP contribution is -2.46. The predicted molar refractivity (Wildman–Crippen MR) is 184 cm³/mol. The molecule has 0 saturated heterocycles. The molecule has 262 valence electrons. The number of carbonyl (C=O) groups excluding carboxylic acids is 2. The van der Waals surface area contributed by atoms with E-state index in [-0.39, 0.29) is 35.7 Å². The summed E-state index contributed by atoms with van der Waals surface area (Å²) in [6.45, 7) is 6.98. The number of amides is 2. The third-order valence-electron chi connectivity index (χ3n) is 8.66. The van der Waals surface area contributed by atoms with Crippen LogP contribution in [-0.4, -0.2) is 70.9 Å². The number of anilines is 1. The van der Waals surface area contributed by atoms with E-state index in [1.807, 2.05) is 44.2 Å². The van der Waals surface area contributed by atoms with Crippen molar-refractivity contribution in [3.05, 3.63) is 113 Å². The molecule has 1 unspecified atom stereocenters. The van der Waals surface area contributed by atoms with Gasteiger partial charge in [0.1, 0.15) is 17.1 Å². The lowest BCUT2D eigenvalue weighted by Gasteiger charge is -2.26. The first-order valence-electron chi connectivity index (χ1n) is 15.8. The van der Waals surface area contributed by atoms with Gasteiger partial charge in [0.15, 0.2) is 0 Å². The van der Waals surface area contributed by atoms with Crippen LogP contribution in [0.25, 0.3) is 0 Å². The Morgan fingerprint density at radius 2 is 1.57 bits per heavy atom. The monoisotopic (exact) mass is 694 g/mol. The van der Waals surface area contributed by atoms with Crippen molar-refractivity contribution in [3.8, 4) is 0 Å². The summed E-state index contributed by atoms with van der Waals surface area (Å²) in [5, 5.41) is 36.1. The second-order valence-corrected chi connectivity index (χ2v) is 14.7. The van der Waals surface area contributed by atoms with Gasteiger partial charge in [0.2, 0.25) is 10.0 Å². The Balaban J connectivity index is 1.64. The Hall–Kier alpha value is -4.66. The number of hydrogen-bond acceptors (Lipinski definition) is 8. The highest BCUT2D eigenvalue weighted by Crippen LogP contribution is 2.27.